The minimum atomic E-state index is -0.0286. The lowest BCUT2D eigenvalue weighted by Crippen LogP contribution is -2.51. The van der Waals surface area contributed by atoms with Gasteiger partial charge in [0, 0.05) is 23.8 Å². The van der Waals surface area contributed by atoms with E-state index < -0.39 is 0 Å². The van der Waals surface area contributed by atoms with Crippen molar-refractivity contribution in [2.75, 3.05) is 12.8 Å². The Bertz CT molecular complexity index is 669. The van der Waals surface area contributed by atoms with Gasteiger partial charge in [0.1, 0.15) is 0 Å². The fourth-order valence-electron chi connectivity index (χ4n) is 2.97. The molecule has 2 N–H and O–H groups in total. The summed E-state index contributed by atoms with van der Waals surface area (Å²) in [6, 6.07) is 5.53. The molecule has 2 aromatic rings. The third-order valence-corrected chi connectivity index (χ3v) is 4.75. The van der Waals surface area contributed by atoms with Crippen molar-refractivity contribution in [2.24, 2.45) is 5.41 Å². The average molecular weight is 308 g/mol. The predicted octanol–water partition coefficient (Wildman–Crippen LogP) is 2.56. The maximum atomic E-state index is 6.27. The van der Waals surface area contributed by atoms with Gasteiger partial charge in [-0.1, -0.05) is 25.4 Å². The van der Waals surface area contributed by atoms with Crippen molar-refractivity contribution >= 4 is 17.3 Å². The van der Waals surface area contributed by atoms with E-state index in [1.807, 2.05) is 10.7 Å². The molecule has 1 aliphatic rings. The van der Waals surface area contributed by atoms with E-state index in [0.29, 0.717) is 16.5 Å². The molecule has 6 nitrogen and oxygen atoms in total. The lowest BCUT2D eigenvalue weighted by Gasteiger charge is -2.50. The zero-order valence-electron chi connectivity index (χ0n) is 12.2. The molecule has 0 saturated heterocycles. The Morgan fingerprint density at radius 3 is 2.81 bits per heavy atom. The van der Waals surface area contributed by atoms with Crippen molar-refractivity contribution in [1.82, 2.24) is 20.2 Å². The summed E-state index contributed by atoms with van der Waals surface area (Å²) in [5.74, 6) is 0.660. The van der Waals surface area contributed by atoms with Crippen LogP contribution in [0.1, 0.15) is 26.3 Å². The molecular formula is C14H18ClN5O. The first-order chi connectivity index (χ1) is 9.95. The van der Waals surface area contributed by atoms with Gasteiger partial charge in [-0.2, -0.15) is 0 Å². The predicted molar refractivity (Wildman–Crippen MR) is 80.9 cm³/mol. The van der Waals surface area contributed by atoms with E-state index in [2.05, 4.69) is 29.4 Å². The van der Waals surface area contributed by atoms with Crippen LogP contribution < -0.4 is 5.73 Å². The van der Waals surface area contributed by atoms with Gasteiger partial charge in [-0.15, -0.1) is 5.10 Å². The number of hydrogen-bond donors (Lipinski definition) is 1. The molecule has 1 aromatic heterocycles. The van der Waals surface area contributed by atoms with E-state index in [1.165, 1.54) is 0 Å². The topological polar surface area (TPSA) is 78.8 Å². The molecule has 112 valence electrons. The number of rotatable bonds is 3. The van der Waals surface area contributed by atoms with Gasteiger partial charge in [-0.3, -0.25) is 0 Å². The summed E-state index contributed by atoms with van der Waals surface area (Å²) in [5, 5.41) is 12.6. The molecule has 1 fully saturated rings. The minimum absolute atomic E-state index is 0.0286. The van der Waals surface area contributed by atoms with Gasteiger partial charge >= 0.3 is 0 Å². The number of nitrogen functional groups attached to an aromatic ring is 1. The van der Waals surface area contributed by atoms with Crippen molar-refractivity contribution in [2.45, 2.75) is 32.4 Å². The molecule has 21 heavy (non-hydrogen) atoms. The third kappa shape index (κ3) is 2.18. The number of aromatic nitrogens is 4. The molecule has 2 atom stereocenters. The van der Waals surface area contributed by atoms with E-state index in [1.54, 1.807) is 19.2 Å². The number of nitrogens with two attached hydrogens (primary N) is 1. The molecule has 0 radical (unpaired) electrons. The summed E-state index contributed by atoms with van der Waals surface area (Å²) >= 11 is 6.27. The zero-order valence-corrected chi connectivity index (χ0v) is 13.0. The number of benzene rings is 1. The summed E-state index contributed by atoms with van der Waals surface area (Å²) in [6.07, 6.45) is 1.09. The SMILES string of the molecule is COC1CC(n2nnnc2-c2ccc(N)cc2Cl)C1(C)C. The Kier molecular flexibility index (Phi) is 3.37. The highest BCUT2D eigenvalue weighted by atomic mass is 35.5. The fraction of sp³-hybridized carbons (Fsp3) is 0.500. The maximum Gasteiger partial charge on any atom is 0.183 e. The Balaban J connectivity index is 1.99. The van der Waals surface area contributed by atoms with Crippen LogP contribution in [0.15, 0.2) is 18.2 Å². The van der Waals surface area contributed by atoms with Gasteiger partial charge in [0.05, 0.1) is 17.2 Å². The second-order valence-electron chi connectivity index (χ2n) is 5.98. The molecule has 7 heteroatoms. The average Bonchev–Trinajstić information content (AvgIpc) is 2.87. The summed E-state index contributed by atoms with van der Waals surface area (Å²) in [7, 11) is 1.74. The standard InChI is InChI=1S/C14H18ClN5O/c1-14(2)11(7-12(14)21-3)20-13(17-18-19-20)9-5-4-8(16)6-10(9)15/h4-6,11-12H,7,16H2,1-3H3. The summed E-state index contributed by atoms with van der Waals surface area (Å²) in [4.78, 5) is 0. The second-order valence-corrected chi connectivity index (χ2v) is 6.39. The van der Waals surface area contributed by atoms with Gasteiger partial charge in [0.15, 0.2) is 5.82 Å². The van der Waals surface area contributed by atoms with Gasteiger partial charge in [0.25, 0.3) is 0 Å². The third-order valence-electron chi connectivity index (χ3n) is 4.43. The van der Waals surface area contributed by atoms with Crippen molar-refractivity contribution in [3.8, 4) is 11.4 Å². The Labute approximate surface area is 128 Å². The van der Waals surface area contributed by atoms with E-state index in [4.69, 9.17) is 22.1 Å². The largest absolute Gasteiger partial charge is 0.399 e. The zero-order chi connectivity index (χ0) is 15.2. The lowest BCUT2D eigenvalue weighted by molar-refractivity contribution is -0.116. The Morgan fingerprint density at radius 1 is 1.43 bits per heavy atom. The van der Waals surface area contributed by atoms with Crippen LogP contribution in [-0.4, -0.2) is 33.4 Å². The quantitative estimate of drug-likeness (QED) is 0.882. The number of anilines is 1. The first-order valence-electron chi connectivity index (χ1n) is 6.81. The van der Waals surface area contributed by atoms with Gasteiger partial charge < -0.3 is 10.5 Å². The first kappa shape index (κ1) is 14.3. The number of nitrogens with zero attached hydrogens (tertiary/aromatic N) is 4. The highest BCUT2D eigenvalue weighted by Gasteiger charge is 2.51. The first-order valence-corrected chi connectivity index (χ1v) is 7.19. The smallest absolute Gasteiger partial charge is 0.183 e. The van der Waals surface area contributed by atoms with Crippen LogP contribution in [0.5, 0.6) is 0 Å². The molecule has 1 heterocycles. The van der Waals surface area contributed by atoms with Crippen molar-refractivity contribution in [1.29, 1.82) is 0 Å². The van der Waals surface area contributed by atoms with E-state index in [0.717, 1.165) is 12.0 Å². The normalized spacial score (nSPS) is 23.8. The van der Waals surface area contributed by atoms with Crippen molar-refractivity contribution < 1.29 is 4.74 Å². The van der Waals surface area contributed by atoms with Crippen LogP contribution >= 0.6 is 11.6 Å². The summed E-state index contributed by atoms with van der Waals surface area (Å²) in [6.45, 7) is 4.32. The van der Waals surface area contributed by atoms with Crippen molar-refractivity contribution in [3.05, 3.63) is 23.2 Å². The van der Waals surface area contributed by atoms with E-state index >= 15 is 0 Å². The van der Waals surface area contributed by atoms with Crippen LogP contribution in [0.25, 0.3) is 11.4 Å². The molecular weight excluding hydrogens is 290 g/mol. The van der Waals surface area contributed by atoms with Crippen LogP contribution in [0.3, 0.4) is 0 Å². The number of hydrogen-bond acceptors (Lipinski definition) is 5. The summed E-state index contributed by atoms with van der Waals surface area (Å²) < 4.78 is 7.33. The molecule has 2 unspecified atom stereocenters. The van der Waals surface area contributed by atoms with E-state index in [9.17, 15) is 0 Å². The molecule has 1 saturated carbocycles. The van der Waals surface area contributed by atoms with E-state index in [-0.39, 0.29) is 17.6 Å². The van der Waals surface area contributed by atoms with Gasteiger partial charge in [-0.05, 0) is 35.0 Å². The molecule has 1 aromatic carbocycles. The monoisotopic (exact) mass is 307 g/mol. The van der Waals surface area contributed by atoms with Crippen LogP contribution in [-0.2, 0) is 4.74 Å². The number of ether oxygens (including phenoxy) is 1. The highest BCUT2D eigenvalue weighted by Crippen LogP contribution is 2.51. The fourth-order valence-corrected chi connectivity index (χ4v) is 3.25. The molecule has 0 spiro atoms. The van der Waals surface area contributed by atoms with Gasteiger partial charge in [0.2, 0.25) is 0 Å². The molecule has 0 bridgehead atoms. The number of tetrazole rings is 1. The Hall–Kier alpha value is -1.66. The Morgan fingerprint density at radius 2 is 2.19 bits per heavy atom. The summed E-state index contributed by atoms with van der Waals surface area (Å²) in [5.41, 5.74) is 7.11. The molecule has 0 aliphatic heterocycles. The lowest BCUT2D eigenvalue weighted by atomic mass is 9.64. The van der Waals surface area contributed by atoms with Crippen LogP contribution in [0.4, 0.5) is 5.69 Å². The van der Waals surface area contributed by atoms with Crippen LogP contribution in [0.2, 0.25) is 5.02 Å². The molecule has 1 aliphatic carbocycles. The number of halogens is 1. The minimum Gasteiger partial charge on any atom is -0.399 e. The van der Waals surface area contributed by atoms with Gasteiger partial charge in [-0.25, -0.2) is 4.68 Å². The van der Waals surface area contributed by atoms with Crippen molar-refractivity contribution in [3.63, 3.8) is 0 Å². The maximum absolute atomic E-state index is 6.27. The highest BCUT2D eigenvalue weighted by molar-refractivity contribution is 6.33. The van der Waals surface area contributed by atoms with Crippen LogP contribution in [0, 0.1) is 5.41 Å². The molecule has 3 rings (SSSR count). The number of methoxy groups -OCH3 is 1. The molecule has 0 amide bonds. The second kappa shape index (κ2) is 4.96.